The second kappa shape index (κ2) is 8.76. The summed E-state index contributed by atoms with van der Waals surface area (Å²) in [5, 5.41) is 3.15. The van der Waals surface area contributed by atoms with E-state index in [1.54, 1.807) is 24.3 Å². The van der Waals surface area contributed by atoms with Crippen LogP contribution < -0.4 is 10.2 Å². The molecule has 3 rings (SSSR count). The third-order valence-electron chi connectivity index (χ3n) is 4.60. The third kappa shape index (κ3) is 5.02. The highest BCUT2D eigenvalue weighted by molar-refractivity contribution is 5.78. The van der Waals surface area contributed by atoms with Crippen molar-refractivity contribution in [1.82, 2.24) is 10.2 Å². The van der Waals surface area contributed by atoms with Gasteiger partial charge in [0.15, 0.2) is 0 Å². The van der Waals surface area contributed by atoms with Crippen molar-refractivity contribution >= 4 is 11.6 Å². The van der Waals surface area contributed by atoms with Crippen LogP contribution in [0.4, 0.5) is 14.5 Å². The molecule has 2 aromatic carbocycles. The van der Waals surface area contributed by atoms with E-state index in [9.17, 15) is 13.6 Å². The topological polar surface area (TPSA) is 35.6 Å². The van der Waals surface area contributed by atoms with Gasteiger partial charge in [-0.3, -0.25) is 4.79 Å². The Labute approximate surface area is 152 Å². The molecule has 0 aliphatic carbocycles. The normalized spacial score (nSPS) is 14.5. The first kappa shape index (κ1) is 18.3. The molecule has 1 N–H and O–H groups in total. The molecule has 1 amide bonds. The quantitative estimate of drug-likeness (QED) is 0.805. The number of rotatable bonds is 6. The summed E-state index contributed by atoms with van der Waals surface area (Å²) in [7, 11) is 0. The van der Waals surface area contributed by atoms with E-state index < -0.39 is 0 Å². The lowest BCUT2D eigenvalue weighted by atomic mass is 10.1. The van der Waals surface area contributed by atoms with E-state index in [2.05, 4.69) is 10.2 Å². The Hall–Kier alpha value is -2.47. The lowest BCUT2D eigenvalue weighted by Gasteiger charge is -2.36. The average Bonchev–Trinajstić information content (AvgIpc) is 2.67. The van der Waals surface area contributed by atoms with E-state index in [1.165, 1.54) is 24.3 Å². The van der Waals surface area contributed by atoms with Gasteiger partial charge in [0, 0.05) is 31.9 Å². The van der Waals surface area contributed by atoms with Crippen LogP contribution in [0.5, 0.6) is 0 Å². The van der Waals surface area contributed by atoms with Gasteiger partial charge in [-0.1, -0.05) is 12.1 Å². The van der Waals surface area contributed by atoms with Crippen LogP contribution in [0.25, 0.3) is 0 Å². The largest absolute Gasteiger partial charge is 0.368 e. The summed E-state index contributed by atoms with van der Waals surface area (Å²) < 4.78 is 25.9. The zero-order chi connectivity index (χ0) is 18.4. The van der Waals surface area contributed by atoms with Crippen molar-refractivity contribution in [2.75, 3.05) is 44.2 Å². The summed E-state index contributed by atoms with van der Waals surface area (Å²) in [6, 6.07) is 12.9. The van der Waals surface area contributed by atoms with E-state index in [0.717, 1.165) is 30.8 Å². The lowest BCUT2D eigenvalue weighted by molar-refractivity contribution is -0.130. The predicted molar refractivity (Wildman–Crippen MR) is 98.2 cm³/mol. The maximum Gasteiger partial charge on any atom is 0.236 e. The molecule has 0 saturated carbocycles. The number of nitrogens with one attached hydrogen (secondary N) is 1. The van der Waals surface area contributed by atoms with Crippen molar-refractivity contribution in [2.45, 2.75) is 6.42 Å². The molecular formula is C20H23F2N3O. The SMILES string of the molecule is O=C(CNCCc1ccc(F)cc1)N1CCN(c2ccc(F)cc2)CC1. The summed E-state index contributed by atoms with van der Waals surface area (Å²) in [5.41, 5.74) is 2.02. The number of benzene rings is 2. The van der Waals surface area contributed by atoms with Crippen LogP contribution in [0.1, 0.15) is 5.56 Å². The summed E-state index contributed by atoms with van der Waals surface area (Å²) in [6.07, 6.45) is 0.756. The fourth-order valence-corrected chi connectivity index (χ4v) is 3.06. The monoisotopic (exact) mass is 359 g/mol. The summed E-state index contributed by atoms with van der Waals surface area (Å²) >= 11 is 0. The highest BCUT2D eigenvalue weighted by Gasteiger charge is 2.20. The molecule has 0 unspecified atom stereocenters. The highest BCUT2D eigenvalue weighted by atomic mass is 19.1. The number of amides is 1. The molecule has 0 aromatic heterocycles. The maximum atomic E-state index is 13.0. The Kier molecular flexibility index (Phi) is 6.17. The maximum absolute atomic E-state index is 13.0. The van der Waals surface area contributed by atoms with Gasteiger partial charge in [-0.15, -0.1) is 0 Å². The number of carbonyl (C=O) groups excluding carboxylic acids is 1. The van der Waals surface area contributed by atoms with E-state index in [4.69, 9.17) is 0 Å². The molecule has 0 bridgehead atoms. The molecule has 1 aliphatic heterocycles. The second-order valence-corrected chi connectivity index (χ2v) is 6.40. The van der Waals surface area contributed by atoms with Gasteiger partial charge in [0.05, 0.1) is 6.54 Å². The summed E-state index contributed by atoms with van der Waals surface area (Å²) in [4.78, 5) is 16.3. The summed E-state index contributed by atoms with van der Waals surface area (Å²) in [6.45, 7) is 3.79. The first-order valence-electron chi connectivity index (χ1n) is 8.85. The van der Waals surface area contributed by atoms with Crippen LogP contribution in [0.2, 0.25) is 0 Å². The van der Waals surface area contributed by atoms with E-state index in [-0.39, 0.29) is 17.5 Å². The van der Waals surface area contributed by atoms with Crippen molar-refractivity contribution in [2.24, 2.45) is 0 Å². The molecule has 1 fully saturated rings. The Balaban J connectivity index is 1.37. The average molecular weight is 359 g/mol. The number of carbonyl (C=O) groups is 1. The van der Waals surface area contributed by atoms with Crippen molar-refractivity contribution < 1.29 is 13.6 Å². The molecule has 1 saturated heterocycles. The Morgan fingerprint density at radius 1 is 0.885 bits per heavy atom. The molecule has 0 atom stereocenters. The van der Waals surface area contributed by atoms with Crippen LogP contribution in [-0.2, 0) is 11.2 Å². The number of halogens is 2. The van der Waals surface area contributed by atoms with Gasteiger partial charge < -0.3 is 15.1 Å². The minimum Gasteiger partial charge on any atom is -0.368 e. The number of nitrogens with zero attached hydrogens (tertiary/aromatic N) is 2. The van der Waals surface area contributed by atoms with E-state index >= 15 is 0 Å². The number of hydrogen-bond donors (Lipinski definition) is 1. The van der Waals surface area contributed by atoms with Gasteiger partial charge in [0.25, 0.3) is 0 Å². The molecule has 4 nitrogen and oxygen atoms in total. The van der Waals surface area contributed by atoms with Gasteiger partial charge in [0.2, 0.25) is 5.91 Å². The lowest BCUT2D eigenvalue weighted by Crippen LogP contribution is -2.51. The van der Waals surface area contributed by atoms with Crippen LogP contribution in [0.3, 0.4) is 0 Å². The van der Waals surface area contributed by atoms with Gasteiger partial charge in [-0.25, -0.2) is 8.78 Å². The van der Waals surface area contributed by atoms with E-state index in [1.807, 2.05) is 4.90 Å². The number of anilines is 1. The predicted octanol–water partition coefficient (Wildman–Crippen LogP) is 2.45. The summed E-state index contributed by atoms with van der Waals surface area (Å²) in [5.74, 6) is -0.395. The Morgan fingerprint density at radius 2 is 1.46 bits per heavy atom. The van der Waals surface area contributed by atoms with Gasteiger partial charge in [-0.2, -0.15) is 0 Å². The van der Waals surface area contributed by atoms with Crippen molar-refractivity contribution in [1.29, 1.82) is 0 Å². The van der Waals surface area contributed by atoms with Crippen molar-refractivity contribution in [3.05, 3.63) is 65.7 Å². The van der Waals surface area contributed by atoms with Crippen LogP contribution >= 0.6 is 0 Å². The fourth-order valence-electron chi connectivity index (χ4n) is 3.06. The molecular weight excluding hydrogens is 336 g/mol. The van der Waals surface area contributed by atoms with Crippen LogP contribution in [0.15, 0.2) is 48.5 Å². The minimum atomic E-state index is -0.241. The zero-order valence-electron chi connectivity index (χ0n) is 14.6. The molecule has 0 spiro atoms. The third-order valence-corrected chi connectivity index (χ3v) is 4.60. The molecule has 26 heavy (non-hydrogen) atoms. The Bertz CT molecular complexity index is 711. The second-order valence-electron chi connectivity index (χ2n) is 6.40. The van der Waals surface area contributed by atoms with Gasteiger partial charge in [-0.05, 0) is 54.9 Å². The van der Waals surface area contributed by atoms with E-state index in [0.29, 0.717) is 26.2 Å². The Morgan fingerprint density at radius 3 is 2.08 bits per heavy atom. The first-order valence-corrected chi connectivity index (χ1v) is 8.85. The molecule has 0 radical (unpaired) electrons. The molecule has 1 heterocycles. The molecule has 138 valence electrons. The first-order chi connectivity index (χ1) is 12.6. The van der Waals surface area contributed by atoms with Gasteiger partial charge in [0.1, 0.15) is 11.6 Å². The van der Waals surface area contributed by atoms with Crippen molar-refractivity contribution in [3.63, 3.8) is 0 Å². The molecule has 1 aliphatic rings. The van der Waals surface area contributed by atoms with Gasteiger partial charge >= 0.3 is 0 Å². The minimum absolute atomic E-state index is 0.0860. The number of hydrogen-bond acceptors (Lipinski definition) is 3. The number of piperazine rings is 1. The zero-order valence-corrected chi connectivity index (χ0v) is 14.6. The smallest absolute Gasteiger partial charge is 0.236 e. The fraction of sp³-hybridized carbons (Fsp3) is 0.350. The van der Waals surface area contributed by atoms with Crippen molar-refractivity contribution in [3.8, 4) is 0 Å². The molecule has 2 aromatic rings. The standard InChI is InChI=1S/C20H23F2N3O/c21-17-3-1-16(2-4-17)9-10-23-15-20(26)25-13-11-24(12-14-25)19-7-5-18(22)6-8-19/h1-8,23H,9-15H2. The van der Waals surface area contributed by atoms with Crippen LogP contribution in [-0.4, -0.2) is 50.1 Å². The highest BCUT2D eigenvalue weighted by Crippen LogP contribution is 2.16. The van der Waals surface area contributed by atoms with Crippen LogP contribution in [0, 0.1) is 11.6 Å². The molecule has 6 heteroatoms.